The van der Waals surface area contributed by atoms with E-state index in [2.05, 4.69) is 38.8 Å². The average Bonchev–Trinajstić information content (AvgIpc) is 2.90. The molecule has 0 saturated carbocycles. The number of aryl methyl sites for hydroxylation is 1. The predicted octanol–water partition coefficient (Wildman–Crippen LogP) is 3.14. The molecule has 0 spiro atoms. The van der Waals surface area contributed by atoms with Crippen molar-refractivity contribution >= 4 is 14.1 Å². The summed E-state index contributed by atoms with van der Waals surface area (Å²) in [5.41, 5.74) is -1.15. The Labute approximate surface area is 167 Å². The molecule has 1 fully saturated rings. The van der Waals surface area contributed by atoms with Gasteiger partial charge in [0.2, 0.25) is 0 Å². The molecule has 1 aromatic rings. The number of rotatable bonds is 4. The van der Waals surface area contributed by atoms with Gasteiger partial charge in [-0.25, -0.2) is 4.79 Å². The first kappa shape index (κ1) is 22.8. The van der Waals surface area contributed by atoms with Crippen molar-refractivity contribution in [2.75, 3.05) is 0 Å². The zero-order valence-corrected chi connectivity index (χ0v) is 19.5. The Balaban J connectivity index is 2.42. The van der Waals surface area contributed by atoms with E-state index in [9.17, 15) is 14.4 Å². The van der Waals surface area contributed by atoms with E-state index >= 15 is 0 Å². The van der Waals surface area contributed by atoms with Crippen LogP contribution in [0.3, 0.4) is 0 Å². The van der Waals surface area contributed by atoms with E-state index in [1.54, 1.807) is 6.92 Å². The molecule has 2 rings (SSSR count). The topological polar surface area (TPSA) is 90.4 Å². The van der Waals surface area contributed by atoms with Crippen LogP contribution in [0.15, 0.2) is 15.8 Å². The van der Waals surface area contributed by atoms with Crippen molar-refractivity contribution in [1.82, 2.24) is 9.55 Å². The van der Waals surface area contributed by atoms with E-state index in [1.165, 1.54) is 10.8 Å². The molecule has 0 radical (unpaired) electrons. The molecule has 0 unspecified atom stereocenters. The largest absolute Gasteiger partial charge is 0.411 e. The molecule has 8 heteroatoms. The van der Waals surface area contributed by atoms with Crippen LogP contribution in [-0.4, -0.2) is 35.9 Å². The Bertz CT molecular complexity index is 857. The summed E-state index contributed by atoms with van der Waals surface area (Å²) in [6.45, 7) is 17.9. The monoisotopic (exact) mass is 410 g/mol. The predicted molar refractivity (Wildman–Crippen MR) is 111 cm³/mol. The zero-order chi connectivity index (χ0) is 21.7. The number of nitrogens with zero attached hydrogens (tertiary/aromatic N) is 1. The highest BCUT2D eigenvalue weighted by Crippen LogP contribution is 2.42. The van der Waals surface area contributed by atoms with Crippen LogP contribution in [0.1, 0.15) is 59.8 Å². The summed E-state index contributed by atoms with van der Waals surface area (Å²) < 4.78 is 14.0. The fourth-order valence-corrected chi connectivity index (χ4v) is 4.27. The maximum Gasteiger partial charge on any atom is 0.330 e. The van der Waals surface area contributed by atoms with Gasteiger partial charge in [-0.1, -0.05) is 41.5 Å². The van der Waals surface area contributed by atoms with Crippen molar-refractivity contribution in [3.63, 3.8) is 0 Å². The molecule has 1 N–H and O–H groups in total. The van der Waals surface area contributed by atoms with Crippen LogP contribution < -0.4 is 11.2 Å². The van der Waals surface area contributed by atoms with Crippen LogP contribution in [0.2, 0.25) is 18.1 Å². The Kier molecular flexibility index (Phi) is 6.01. The van der Waals surface area contributed by atoms with Crippen LogP contribution in [-0.2, 0) is 14.0 Å². The number of aromatic amines is 1. The van der Waals surface area contributed by atoms with Crippen molar-refractivity contribution in [2.24, 2.45) is 5.41 Å². The van der Waals surface area contributed by atoms with Gasteiger partial charge < -0.3 is 9.16 Å². The highest BCUT2D eigenvalue weighted by atomic mass is 28.4. The maximum atomic E-state index is 13.1. The first-order valence-corrected chi connectivity index (χ1v) is 12.6. The molecule has 0 bridgehead atoms. The van der Waals surface area contributed by atoms with E-state index < -0.39 is 43.4 Å². The number of H-pyrrole nitrogens is 1. The van der Waals surface area contributed by atoms with E-state index in [0.29, 0.717) is 12.0 Å². The summed E-state index contributed by atoms with van der Waals surface area (Å²) in [4.78, 5) is 39.4. The molecule has 2 heterocycles. The Morgan fingerprint density at radius 2 is 1.79 bits per heavy atom. The summed E-state index contributed by atoms with van der Waals surface area (Å²) in [5, 5.41) is -0.0220. The van der Waals surface area contributed by atoms with E-state index in [1.807, 2.05) is 20.8 Å². The highest BCUT2D eigenvalue weighted by molar-refractivity contribution is 6.74. The smallest absolute Gasteiger partial charge is 0.330 e. The van der Waals surface area contributed by atoms with Crippen molar-refractivity contribution < 1.29 is 14.0 Å². The molecule has 7 nitrogen and oxygen atoms in total. The fourth-order valence-electron chi connectivity index (χ4n) is 2.94. The molecule has 0 aromatic carbocycles. The normalized spacial score (nSPS) is 23.8. The number of Topliss-reactive ketones (excluding diaryl/α,β-unsaturated/α-hetero) is 1. The van der Waals surface area contributed by atoms with Crippen molar-refractivity contribution in [3.8, 4) is 0 Å². The number of carbonyl (C=O) groups is 1. The van der Waals surface area contributed by atoms with Crippen molar-refractivity contribution in [2.45, 2.75) is 91.5 Å². The second kappa shape index (κ2) is 7.39. The maximum absolute atomic E-state index is 13.1. The molecule has 1 aliphatic rings. The number of carbonyl (C=O) groups excluding carboxylic acids is 1. The Hall–Kier alpha value is -1.51. The van der Waals surface area contributed by atoms with Crippen LogP contribution in [0, 0.1) is 12.3 Å². The van der Waals surface area contributed by atoms with Crippen LogP contribution >= 0.6 is 0 Å². The van der Waals surface area contributed by atoms with Crippen LogP contribution in [0.5, 0.6) is 0 Å². The SMILES string of the molecule is Cc1cn([C@H]2C[C@H](O[Si](C)(C)C(C)(C)C)[C@@H](C(=O)C(C)(C)C)O2)c(=O)[nH]c1=O. The van der Waals surface area contributed by atoms with Crippen molar-refractivity contribution in [3.05, 3.63) is 32.6 Å². The molecule has 158 valence electrons. The summed E-state index contributed by atoms with van der Waals surface area (Å²) in [6.07, 6.45) is 0.0212. The second-order valence-corrected chi connectivity index (χ2v) is 15.0. The van der Waals surface area contributed by atoms with E-state index in [0.717, 1.165) is 0 Å². The van der Waals surface area contributed by atoms with E-state index in [4.69, 9.17) is 9.16 Å². The lowest BCUT2D eigenvalue weighted by Gasteiger charge is -2.39. The lowest BCUT2D eigenvalue weighted by Crippen LogP contribution is -2.48. The van der Waals surface area contributed by atoms with Gasteiger partial charge in [-0.15, -0.1) is 0 Å². The number of aromatic nitrogens is 2. The van der Waals surface area contributed by atoms with Gasteiger partial charge >= 0.3 is 5.69 Å². The average molecular weight is 411 g/mol. The van der Waals surface area contributed by atoms with Crippen LogP contribution in [0.25, 0.3) is 0 Å². The molecule has 1 saturated heterocycles. The minimum atomic E-state index is -2.16. The molecular formula is C20H34N2O5Si. The standard InChI is InChI=1S/C20H34N2O5Si/c1-12-11-22(18(25)21-17(12)24)14-10-13(27-28(8,9)20(5,6)7)15(26-14)16(23)19(2,3)4/h11,13-15H,10H2,1-9H3,(H,21,24,25)/t13-,14+,15-/m0/s1. The number of ketones is 1. The lowest BCUT2D eigenvalue weighted by atomic mass is 9.86. The van der Waals surface area contributed by atoms with Crippen molar-refractivity contribution in [1.29, 1.82) is 0 Å². The van der Waals surface area contributed by atoms with E-state index in [-0.39, 0.29) is 10.8 Å². The van der Waals surface area contributed by atoms with Crippen LogP contribution in [0.4, 0.5) is 0 Å². The Morgan fingerprint density at radius 1 is 1.21 bits per heavy atom. The number of nitrogens with one attached hydrogen (secondary N) is 1. The molecule has 1 aromatic heterocycles. The lowest BCUT2D eigenvalue weighted by molar-refractivity contribution is -0.143. The zero-order valence-electron chi connectivity index (χ0n) is 18.5. The van der Waals surface area contributed by atoms with Gasteiger partial charge in [0, 0.05) is 23.6 Å². The third-order valence-electron chi connectivity index (χ3n) is 5.78. The fraction of sp³-hybridized carbons (Fsp3) is 0.750. The number of hydrogen-bond acceptors (Lipinski definition) is 5. The molecule has 3 atom stereocenters. The third-order valence-corrected chi connectivity index (χ3v) is 10.3. The van der Waals surface area contributed by atoms with Gasteiger partial charge in [0.15, 0.2) is 14.1 Å². The third kappa shape index (κ3) is 4.55. The van der Waals surface area contributed by atoms with Gasteiger partial charge in [-0.3, -0.25) is 19.1 Å². The quantitative estimate of drug-likeness (QED) is 0.770. The summed E-state index contributed by atoms with van der Waals surface area (Å²) in [6, 6.07) is 0. The van der Waals surface area contributed by atoms with Gasteiger partial charge in [-0.2, -0.15) is 0 Å². The molecule has 28 heavy (non-hydrogen) atoms. The highest BCUT2D eigenvalue weighted by Gasteiger charge is 2.49. The Morgan fingerprint density at radius 3 is 2.29 bits per heavy atom. The van der Waals surface area contributed by atoms with Gasteiger partial charge in [0.25, 0.3) is 5.56 Å². The second-order valence-electron chi connectivity index (χ2n) is 10.3. The minimum Gasteiger partial charge on any atom is -0.411 e. The summed E-state index contributed by atoms with van der Waals surface area (Å²) >= 11 is 0. The minimum absolute atomic E-state index is 0.0220. The first-order chi connectivity index (χ1) is 12.5. The molecule has 0 aliphatic carbocycles. The van der Waals surface area contributed by atoms with Gasteiger partial charge in [0.05, 0.1) is 6.10 Å². The van der Waals surface area contributed by atoms with Gasteiger partial charge in [0.1, 0.15) is 12.3 Å². The molecule has 1 aliphatic heterocycles. The molecule has 0 amide bonds. The number of hydrogen-bond donors (Lipinski definition) is 1. The summed E-state index contributed by atoms with van der Waals surface area (Å²) in [5.74, 6) is -0.0482. The molecular weight excluding hydrogens is 376 g/mol. The number of ether oxygens (including phenoxy) is 1. The first-order valence-electron chi connectivity index (χ1n) is 9.74. The van der Waals surface area contributed by atoms with Gasteiger partial charge in [-0.05, 0) is 25.1 Å². The summed E-state index contributed by atoms with van der Waals surface area (Å²) in [7, 11) is -2.16.